The highest BCUT2D eigenvalue weighted by atomic mass is 35.5. The van der Waals surface area contributed by atoms with Crippen LogP contribution in [0.4, 0.5) is 0 Å². The number of likely N-dealkylation sites (tertiary alicyclic amines) is 1. The number of rotatable bonds is 7. The first-order valence-corrected chi connectivity index (χ1v) is 9.22. The highest BCUT2D eigenvalue weighted by molar-refractivity contribution is 6.30. The molecule has 1 aliphatic heterocycles. The lowest BCUT2D eigenvalue weighted by atomic mass is 10.0. The summed E-state index contributed by atoms with van der Waals surface area (Å²) in [5, 5.41) is 3.14. The first-order chi connectivity index (χ1) is 12.8. The lowest BCUT2D eigenvalue weighted by Crippen LogP contribution is -2.44. The van der Waals surface area contributed by atoms with Crippen molar-refractivity contribution >= 4 is 35.3 Å². The zero-order valence-corrected chi connectivity index (χ0v) is 16.1. The Labute approximate surface area is 163 Å². The molecule has 146 valence electrons. The SMILES string of the molecule is CC(C)C[C@H](NC(=O)c1ccc(Cl)cc1)C(=O)OCC(=O)N1CCCC1=O. The molecule has 3 amide bonds. The number of nitrogens with zero attached hydrogens (tertiary/aromatic N) is 1. The van der Waals surface area contributed by atoms with Gasteiger partial charge in [0.1, 0.15) is 6.04 Å². The second-order valence-corrected chi connectivity index (χ2v) is 7.25. The first-order valence-electron chi connectivity index (χ1n) is 8.84. The quantitative estimate of drug-likeness (QED) is 0.715. The van der Waals surface area contributed by atoms with Crippen LogP contribution in [0.15, 0.2) is 24.3 Å². The first kappa shape index (κ1) is 20.9. The topological polar surface area (TPSA) is 92.8 Å². The highest BCUT2D eigenvalue weighted by Crippen LogP contribution is 2.13. The van der Waals surface area contributed by atoms with Crippen molar-refractivity contribution in [2.75, 3.05) is 13.2 Å². The minimum Gasteiger partial charge on any atom is -0.454 e. The van der Waals surface area contributed by atoms with Crippen molar-refractivity contribution in [1.29, 1.82) is 0 Å². The number of carbonyl (C=O) groups excluding carboxylic acids is 4. The Kier molecular flexibility index (Phi) is 7.36. The van der Waals surface area contributed by atoms with Crippen molar-refractivity contribution in [3.63, 3.8) is 0 Å². The summed E-state index contributed by atoms with van der Waals surface area (Å²) >= 11 is 5.81. The molecule has 0 bridgehead atoms. The predicted octanol–water partition coefficient (Wildman–Crippen LogP) is 2.18. The number of amides is 3. The van der Waals surface area contributed by atoms with E-state index in [4.69, 9.17) is 16.3 Å². The summed E-state index contributed by atoms with van der Waals surface area (Å²) in [5.74, 6) is -1.82. The van der Waals surface area contributed by atoms with Gasteiger partial charge in [-0.25, -0.2) is 4.79 Å². The Morgan fingerprint density at radius 2 is 1.89 bits per heavy atom. The zero-order valence-electron chi connectivity index (χ0n) is 15.4. The number of imide groups is 1. The van der Waals surface area contributed by atoms with Crippen molar-refractivity contribution < 1.29 is 23.9 Å². The number of carbonyl (C=O) groups is 4. The fourth-order valence-corrected chi connectivity index (χ4v) is 2.88. The average Bonchev–Trinajstić information content (AvgIpc) is 3.05. The molecule has 1 aliphatic rings. The molecule has 1 saturated heterocycles. The van der Waals surface area contributed by atoms with Gasteiger partial charge in [-0.05, 0) is 43.0 Å². The van der Waals surface area contributed by atoms with Crippen LogP contribution in [0, 0.1) is 5.92 Å². The van der Waals surface area contributed by atoms with Crippen LogP contribution in [0.2, 0.25) is 5.02 Å². The molecule has 0 aliphatic carbocycles. The van der Waals surface area contributed by atoms with Crippen molar-refractivity contribution in [1.82, 2.24) is 10.2 Å². The van der Waals surface area contributed by atoms with Gasteiger partial charge >= 0.3 is 5.97 Å². The molecule has 1 aromatic rings. The Morgan fingerprint density at radius 1 is 1.22 bits per heavy atom. The van der Waals surface area contributed by atoms with E-state index in [2.05, 4.69) is 5.32 Å². The standard InChI is InChI=1S/C19H23ClN2O5/c1-12(2)10-15(21-18(25)13-5-7-14(20)8-6-13)19(26)27-11-17(24)22-9-3-4-16(22)23/h5-8,12,15H,3-4,9-11H2,1-2H3,(H,21,25)/t15-/m0/s1. The lowest BCUT2D eigenvalue weighted by molar-refractivity contribution is -0.156. The molecule has 27 heavy (non-hydrogen) atoms. The molecule has 1 atom stereocenters. The minimum atomic E-state index is -0.893. The van der Waals surface area contributed by atoms with E-state index in [1.807, 2.05) is 13.8 Å². The van der Waals surface area contributed by atoms with Gasteiger partial charge in [-0.3, -0.25) is 19.3 Å². The molecule has 0 saturated carbocycles. The maximum atomic E-state index is 12.4. The van der Waals surface area contributed by atoms with E-state index in [0.29, 0.717) is 36.4 Å². The molecule has 1 aromatic carbocycles. The van der Waals surface area contributed by atoms with Gasteiger partial charge < -0.3 is 10.1 Å². The summed E-state index contributed by atoms with van der Waals surface area (Å²) in [5.41, 5.74) is 0.361. The van der Waals surface area contributed by atoms with Gasteiger partial charge in [-0.2, -0.15) is 0 Å². The van der Waals surface area contributed by atoms with Gasteiger partial charge in [0, 0.05) is 23.6 Å². The van der Waals surface area contributed by atoms with E-state index >= 15 is 0 Å². The molecule has 1 N–H and O–H groups in total. The molecule has 0 aromatic heterocycles. The number of hydrogen-bond acceptors (Lipinski definition) is 5. The van der Waals surface area contributed by atoms with Gasteiger partial charge in [0.05, 0.1) is 0 Å². The maximum Gasteiger partial charge on any atom is 0.329 e. The normalized spacial score (nSPS) is 15.0. The second kappa shape index (κ2) is 9.50. The summed E-state index contributed by atoms with van der Waals surface area (Å²) in [6, 6.07) is 5.38. The number of ether oxygens (including phenoxy) is 1. The minimum absolute atomic E-state index is 0.115. The molecular formula is C19H23ClN2O5. The van der Waals surface area contributed by atoms with Gasteiger partial charge in [0.25, 0.3) is 11.8 Å². The number of halogens is 1. The molecule has 8 heteroatoms. The average molecular weight is 395 g/mol. The van der Waals surface area contributed by atoms with Crippen LogP contribution in [0.25, 0.3) is 0 Å². The summed E-state index contributed by atoms with van der Waals surface area (Å²) < 4.78 is 5.07. The third kappa shape index (κ3) is 6.06. The molecule has 1 heterocycles. The van der Waals surface area contributed by atoms with Gasteiger partial charge in [0.15, 0.2) is 6.61 Å². The molecule has 0 unspecified atom stereocenters. The van der Waals surface area contributed by atoms with Gasteiger partial charge in [-0.1, -0.05) is 25.4 Å². The molecule has 7 nitrogen and oxygen atoms in total. The van der Waals surface area contributed by atoms with Crippen molar-refractivity contribution in [2.24, 2.45) is 5.92 Å². The third-order valence-electron chi connectivity index (χ3n) is 4.12. The third-order valence-corrected chi connectivity index (χ3v) is 4.37. The van der Waals surface area contributed by atoms with Gasteiger partial charge in [-0.15, -0.1) is 0 Å². The van der Waals surface area contributed by atoms with E-state index in [1.165, 1.54) is 0 Å². The summed E-state index contributed by atoms with van der Waals surface area (Å²) in [6.07, 6.45) is 1.30. The Balaban J connectivity index is 1.96. The van der Waals surface area contributed by atoms with E-state index < -0.39 is 30.4 Å². The Morgan fingerprint density at radius 3 is 2.44 bits per heavy atom. The smallest absolute Gasteiger partial charge is 0.329 e. The Bertz CT molecular complexity index is 717. The van der Waals surface area contributed by atoms with Crippen molar-refractivity contribution in [3.05, 3.63) is 34.9 Å². The van der Waals surface area contributed by atoms with Gasteiger partial charge in [0.2, 0.25) is 5.91 Å². The zero-order chi connectivity index (χ0) is 20.0. The number of esters is 1. The fraction of sp³-hybridized carbons (Fsp3) is 0.474. The number of benzene rings is 1. The number of nitrogens with one attached hydrogen (secondary N) is 1. The number of hydrogen-bond donors (Lipinski definition) is 1. The highest BCUT2D eigenvalue weighted by Gasteiger charge is 2.29. The van der Waals surface area contributed by atoms with Crippen LogP contribution in [0.3, 0.4) is 0 Å². The van der Waals surface area contributed by atoms with Crippen LogP contribution in [-0.4, -0.2) is 47.8 Å². The molecule has 2 rings (SSSR count). The van der Waals surface area contributed by atoms with Crippen LogP contribution in [0.5, 0.6) is 0 Å². The largest absolute Gasteiger partial charge is 0.454 e. The Hall–Kier alpha value is -2.41. The summed E-state index contributed by atoms with van der Waals surface area (Å²) in [4.78, 5) is 49.4. The van der Waals surface area contributed by atoms with Crippen LogP contribution in [0.1, 0.15) is 43.5 Å². The molecular weight excluding hydrogens is 372 g/mol. The van der Waals surface area contributed by atoms with E-state index in [-0.39, 0.29) is 11.8 Å². The summed E-state index contributed by atoms with van der Waals surface area (Å²) in [7, 11) is 0. The van der Waals surface area contributed by atoms with Crippen LogP contribution in [-0.2, 0) is 19.1 Å². The van der Waals surface area contributed by atoms with E-state index in [1.54, 1.807) is 24.3 Å². The monoisotopic (exact) mass is 394 g/mol. The molecule has 0 spiro atoms. The predicted molar refractivity (Wildman–Crippen MR) is 99.1 cm³/mol. The molecule has 1 fully saturated rings. The lowest BCUT2D eigenvalue weighted by Gasteiger charge is -2.20. The van der Waals surface area contributed by atoms with Crippen LogP contribution < -0.4 is 5.32 Å². The van der Waals surface area contributed by atoms with E-state index in [9.17, 15) is 19.2 Å². The van der Waals surface area contributed by atoms with Crippen molar-refractivity contribution in [2.45, 2.75) is 39.2 Å². The van der Waals surface area contributed by atoms with E-state index in [0.717, 1.165) is 4.90 Å². The van der Waals surface area contributed by atoms with Crippen molar-refractivity contribution in [3.8, 4) is 0 Å². The van der Waals surface area contributed by atoms with Crippen LogP contribution >= 0.6 is 11.6 Å². The fourth-order valence-electron chi connectivity index (χ4n) is 2.75. The summed E-state index contributed by atoms with van der Waals surface area (Å²) in [6.45, 7) is 3.64. The second-order valence-electron chi connectivity index (χ2n) is 6.81. The molecule has 0 radical (unpaired) electrons. The maximum absolute atomic E-state index is 12.4.